The second kappa shape index (κ2) is 9.76. The Labute approximate surface area is 152 Å². The SMILES string of the molecule is O=C=NN(N=C=O)c1ccc(Cc2ccc(N(N=C=O)N=C=O)cc2)cc1. The smallest absolute Gasteiger partial charge is 0.209 e. The number of carbonyl (C=O) groups excluding carboxylic acids is 4. The third kappa shape index (κ3) is 5.27. The van der Waals surface area contributed by atoms with E-state index < -0.39 is 0 Å². The third-order valence-electron chi connectivity index (χ3n) is 3.28. The van der Waals surface area contributed by atoms with Crippen LogP contribution in [0.15, 0.2) is 68.9 Å². The fourth-order valence-corrected chi connectivity index (χ4v) is 2.16. The van der Waals surface area contributed by atoms with E-state index in [-0.39, 0.29) is 0 Å². The maximum atomic E-state index is 10.3. The van der Waals surface area contributed by atoms with Crippen LogP contribution in [0.25, 0.3) is 0 Å². The van der Waals surface area contributed by atoms with E-state index in [9.17, 15) is 19.2 Å². The standard InChI is InChI=1S/C17H10N6O4/c24-10-18-22(19-11-25)16-5-1-14(2-6-16)9-15-3-7-17(8-4-15)23(20-12-26)21-13-27/h1-8H,9H2. The van der Waals surface area contributed by atoms with Crippen LogP contribution in [-0.2, 0) is 25.6 Å². The Morgan fingerprint density at radius 2 is 0.852 bits per heavy atom. The minimum absolute atomic E-state index is 0.398. The van der Waals surface area contributed by atoms with Crippen LogP contribution in [0.3, 0.4) is 0 Å². The minimum atomic E-state index is 0.398. The van der Waals surface area contributed by atoms with Crippen molar-refractivity contribution in [2.75, 3.05) is 10.2 Å². The molecule has 10 nitrogen and oxygen atoms in total. The first-order valence-electron chi connectivity index (χ1n) is 7.31. The lowest BCUT2D eigenvalue weighted by atomic mass is 10.0. The molecule has 0 N–H and O–H groups in total. The van der Waals surface area contributed by atoms with Gasteiger partial charge in [-0.1, -0.05) is 44.7 Å². The Kier molecular flexibility index (Phi) is 6.83. The van der Waals surface area contributed by atoms with Crippen LogP contribution in [-0.4, -0.2) is 24.3 Å². The molecule has 0 aliphatic rings. The van der Waals surface area contributed by atoms with E-state index in [1.54, 1.807) is 48.5 Å². The maximum absolute atomic E-state index is 10.3. The molecule has 0 heterocycles. The topological polar surface area (TPSA) is 124 Å². The molecule has 2 aromatic carbocycles. The molecule has 0 saturated heterocycles. The van der Waals surface area contributed by atoms with E-state index in [2.05, 4.69) is 20.4 Å². The Bertz CT molecular complexity index is 862. The first-order valence-corrected chi connectivity index (χ1v) is 7.31. The second-order valence-corrected chi connectivity index (χ2v) is 4.85. The molecule has 0 fully saturated rings. The summed E-state index contributed by atoms with van der Waals surface area (Å²) in [5, 5.41) is 14.7. The Morgan fingerprint density at radius 1 is 0.556 bits per heavy atom. The largest absolute Gasteiger partial charge is 0.260 e. The zero-order valence-corrected chi connectivity index (χ0v) is 13.6. The van der Waals surface area contributed by atoms with E-state index >= 15 is 0 Å². The predicted molar refractivity (Wildman–Crippen MR) is 93.1 cm³/mol. The number of nitrogens with zero attached hydrogens (tertiary/aromatic N) is 6. The molecule has 132 valence electrons. The molecular formula is C17H10N6O4. The molecule has 0 spiro atoms. The summed E-state index contributed by atoms with van der Waals surface area (Å²) < 4.78 is 0. The lowest BCUT2D eigenvalue weighted by molar-refractivity contribution is 0.556. The van der Waals surface area contributed by atoms with Crippen molar-refractivity contribution in [2.45, 2.75) is 6.42 Å². The molecular weight excluding hydrogens is 352 g/mol. The van der Waals surface area contributed by atoms with Gasteiger partial charge in [0.05, 0.1) is 11.4 Å². The van der Waals surface area contributed by atoms with Crippen molar-refractivity contribution < 1.29 is 19.2 Å². The van der Waals surface area contributed by atoms with Gasteiger partial charge in [-0.3, -0.25) is 0 Å². The van der Waals surface area contributed by atoms with E-state index in [0.717, 1.165) is 21.4 Å². The van der Waals surface area contributed by atoms with Gasteiger partial charge in [0.25, 0.3) is 24.3 Å². The molecule has 0 aliphatic heterocycles. The molecule has 0 amide bonds. The van der Waals surface area contributed by atoms with Crippen molar-refractivity contribution in [3.8, 4) is 0 Å². The highest BCUT2D eigenvalue weighted by molar-refractivity contribution is 5.54. The maximum Gasteiger partial charge on any atom is 0.260 e. The number of hydrazone groups is 4. The molecule has 0 aliphatic carbocycles. The summed E-state index contributed by atoms with van der Waals surface area (Å²) in [5.74, 6) is 0. The highest BCUT2D eigenvalue weighted by Crippen LogP contribution is 2.20. The summed E-state index contributed by atoms with van der Waals surface area (Å²) in [5.41, 5.74) is 2.67. The highest BCUT2D eigenvalue weighted by Gasteiger charge is 2.06. The Hall–Kier alpha value is -4.44. The lowest BCUT2D eigenvalue weighted by Gasteiger charge is -2.10. The van der Waals surface area contributed by atoms with E-state index in [1.807, 2.05) is 0 Å². The zero-order chi connectivity index (χ0) is 19.5. The molecule has 2 aromatic rings. The highest BCUT2D eigenvalue weighted by atomic mass is 16.1. The molecule has 0 bridgehead atoms. The monoisotopic (exact) mass is 362 g/mol. The van der Waals surface area contributed by atoms with Crippen LogP contribution >= 0.6 is 0 Å². The van der Waals surface area contributed by atoms with Crippen LogP contribution in [0, 0.1) is 0 Å². The van der Waals surface area contributed by atoms with Crippen molar-refractivity contribution in [3.63, 3.8) is 0 Å². The molecule has 0 unspecified atom stereocenters. The van der Waals surface area contributed by atoms with Crippen molar-refractivity contribution >= 4 is 35.7 Å². The van der Waals surface area contributed by atoms with Gasteiger partial charge in [0.2, 0.25) is 0 Å². The summed E-state index contributed by atoms with van der Waals surface area (Å²) in [4.78, 5) is 41.4. The van der Waals surface area contributed by atoms with Gasteiger partial charge in [-0.2, -0.15) is 0 Å². The van der Waals surface area contributed by atoms with Crippen LogP contribution < -0.4 is 10.2 Å². The number of hydrogen-bond acceptors (Lipinski definition) is 10. The van der Waals surface area contributed by atoms with Gasteiger partial charge in [-0.15, -0.1) is 10.2 Å². The lowest BCUT2D eigenvalue weighted by Crippen LogP contribution is -2.07. The minimum Gasteiger partial charge on any atom is -0.209 e. The van der Waals surface area contributed by atoms with E-state index in [4.69, 9.17) is 0 Å². The first kappa shape index (κ1) is 18.9. The van der Waals surface area contributed by atoms with Crippen LogP contribution in [0.5, 0.6) is 0 Å². The predicted octanol–water partition coefficient (Wildman–Crippen LogP) is 1.89. The fourth-order valence-electron chi connectivity index (χ4n) is 2.16. The fraction of sp³-hybridized carbons (Fsp3) is 0.0588. The number of hydrogen-bond donors (Lipinski definition) is 0. The van der Waals surface area contributed by atoms with Gasteiger partial charge in [-0.05, 0) is 41.8 Å². The van der Waals surface area contributed by atoms with Crippen LogP contribution in [0.4, 0.5) is 11.4 Å². The molecule has 27 heavy (non-hydrogen) atoms. The Balaban J connectivity index is 2.15. The van der Waals surface area contributed by atoms with Gasteiger partial charge in [0, 0.05) is 0 Å². The van der Waals surface area contributed by atoms with Crippen LogP contribution in [0.2, 0.25) is 0 Å². The number of anilines is 2. The number of rotatable bonds is 8. The third-order valence-corrected chi connectivity index (χ3v) is 3.28. The quantitative estimate of drug-likeness (QED) is 0.401. The second-order valence-electron chi connectivity index (χ2n) is 4.85. The summed E-state index contributed by atoms with van der Waals surface area (Å²) >= 11 is 0. The molecule has 0 saturated carbocycles. The summed E-state index contributed by atoms with van der Waals surface area (Å²) in [6.45, 7) is 0. The number of isocyanates is 4. The summed E-state index contributed by atoms with van der Waals surface area (Å²) in [7, 11) is 0. The van der Waals surface area contributed by atoms with Gasteiger partial charge in [0.15, 0.2) is 0 Å². The van der Waals surface area contributed by atoms with Gasteiger partial charge in [-0.25, -0.2) is 19.2 Å². The summed E-state index contributed by atoms with van der Waals surface area (Å²) in [6, 6.07) is 13.6. The molecule has 0 radical (unpaired) electrons. The zero-order valence-electron chi connectivity index (χ0n) is 13.6. The first-order chi connectivity index (χ1) is 13.2. The number of benzene rings is 2. The molecule has 0 atom stereocenters. The van der Waals surface area contributed by atoms with Gasteiger partial charge < -0.3 is 0 Å². The molecule has 2 rings (SSSR count). The average Bonchev–Trinajstić information content (AvgIpc) is 2.69. The molecule has 0 aromatic heterocycles. The molecule has 10 heteroatoms. The van der Waals surface area contributed by atoms with Crippen molar-refractivity contribution in [3.05, 3.63) is 59.7 Å². The van der Waals surface area contributed by atoms with Crippen LogP contribution in [0.1, 0.15) is 11.1 Å². The van der Waals surface area contributed by atoms with Crippen molar-refractivity contribution in [1.82, 2.24) is 0 Å². The normalized spacial score (nSPS) is 8.89. The van der Waals surface area contributed by atoms with Crippen molar-refractivity contribution in [2.24, 2.45) is 20.4 Å². The van der Waals surface area contributed by atoms with Gasteiger partial charge >= 0.3 is 0 Å². The average molecular weight is 362 g/mol. The van der Waals surface area contributed by atoms with Gasteiger partial charge in [0.1, 0.15) is 0 Å². The van der Waals surface area contributed by atoms with E-state index in [0.29, 0.717) is 17.8 Å². The Morgan fingerprint density at radius 3 is 1.11 bits per heavy atom. The summed E-state index contributed by atoms with van der Waals surface area (Å²) in [6.07, 6.45) is 5.77. The van der Waals surface area contributed by atoms with Crippen molar-refractivity contribution in [1.29, 1.82) is 0 Å². The van der Waals surface area contributed by atoms with E-state index in [1.165, 1.54) is 24.3 Å².